The molecule has 128 valence electrons. The molecule has 0 aliphatic carbocycles. The van der Waals surface area contributed by atoms with E-state index < -0.39 is 11.7 Å². The van der Waals surface area contributed by atoms with Crippen LogP contribution < -0.4 is 5.32 Å². The van der Waals surface area contributed by atoms with Gasteiger partial charge in [-0.1, -0.05) is 35.9 Å². The summed E-state index contributed by atoms with van der Waals surface area (Å²) in [5.74, 6) is -0.900. The molecule has 4 nitrogen and oxygen atoms in total. The first kappa shape index (κ1) is 16.3. The SMILES string of the molecule is O=C(Nc1ccccc1-c1cn2ccccc2n1)c1ccc(F)cc1Cl. The number of carbonyl (C=O) groups is 1. The van der Waals surface area contributed by atoms with Crippen LogP contribution in [0.3, 0.4) is 0 Å². The van der Waals surface area contributed by atoms with Crippen LogP contribution in [0.2, 0.25) is 5.02 Å². The van der Waals surface area contributed by atoms with Gasteiger partial charge >= 0.3 is 0 Å². The van der Waals surface area contributed by atoms with Crippen molar-refractivity contribution in [2.45, 2.75) is 0 Å². The number of benzene rings is 2. The quantitative estimate of drug-likeness (QED) is 0.552. The van der Waals surface area contributed by atoms with Gasteiger partial charge in [0.2, 0.25) is 0 Å². The molecule has 0 atom stereocenters. The fourth-order valence-electron chi connectivity index (χ4n) is 2.74. The molecule has 0 fully saturated rings. The summed E-state index contributed by atoms with van der Waals surface area (Å²) in [5.41, 5.74) is 3.13. The highest BCUT2D eigenvalue weighted by Gasteiger charge is 2.15. The molecule has 0 saturated heterocycles. The molecule has 0 unspecified atom stereocenters. The first-order valence-corrected chi connectivity index (χ1v) is 8.29. The Morgan fingerprint density at radius 3 is 2.69 bits per heavy atom. The lowest BCUT2D eigenvalue weighted by molar-refractivity contribution is 0.102. The molecule has 0 aliphatic heterocycles. The van der Waals surface area contributed by atoms with Gasteiger partial charge in [-0.05, 0) is 36.4 Å². The van der Waals surface area contributed by atoms with Gasteiger partial charge in [0.05, 0.1) is 22.0 Å². The van der Waals surface area contributed by atoms with E-state index in [2.05, 4.69) is 10.3 Å². The van der Waals surface area contributed by atoms with Gasteiger partial charge in [0.25, 0.3) is 5.91 Å². The van der Waals surface area contributed by atoms with Crippen molar-refractivity contribution in [3.05, 3.63) is 89.5 Å². The van der Waals surface area contributed by atoms with Gasteiger partial charge in [0.15, 0.2) is 0 Å². The minimum Gasteiger partial charge on any atom is -0.321 e. The van der Waals surface area contributed by atoms with Crippen molar-refractivity contribution in [3.63, 3.8) is 0 Å². The number of hydrogen-bond donors (Lipinski definition) is 1. The zero-order valence-electron chi connectivity index (χ0n) is 13.5. The van der Waals surface area contributed by atoms with Crippen LogP contribution in [0, 0.1) is 5.82 Å². The zero-order valence-corrected chi connectivity index (χ0v) is 14.2. The molecule has 1 N–H and O–H groups in total. The normalized spacial score (nSPS) is 10.8. The molecule has 1 amide bonds. The van der Waals surface area contributed by atoms with E-state index in [1.807, 2.05) is 53.2 Å². The highest BCUT2D eigenvalue weighted by atomic mass is 35.5. The lowest BCUT2D eigenvalue weighted by Crippen LogP contribution is -2.13. The summed E-state index contributed by atoms with van der Waals surface area (Å²) in [6, 6.07) is 16.8. The number of anilines is 1. The number of imidazole rings is 1. The van der Waals surface area contributed by atoms with Crippen molar-refractivity contribution in [1.29, 1.82) is 0 Å². The average Bonchev–Trinajstić information content (AvgIpc) is 3.06. The van der Waals surface area contributed by atoms with Crippen LogP contribution in [0.1, 0.15) is 10.4 Å². The van der Waals surface area contributed by atoms with Gasteiger partial charge in [-0.2, -0.15) is 0 Å². The second kappa shape index (κ2) is 6.61. The van der Waals surface area contributed by atoms with Crippen molar-refractivity contribution in [1.82, 2.24) is 9.38 Å². The summed E-state index contributed by atoms with van der Waals surface area (Å²) >= 11 is 5.98. The minimum atomic E-state index is -0.489. The summed E-state index contributed by atoms with van der Waals surface area (Å²) in [6.45, 7) is 0. The molecule has 4 aromatic rings. The predicted octanol–water partition coefficient (Wildman–Crippen LogP) is 5.05. The summed E-state index contributed by atoms with van der Waals surface area (Å²) in [4.78, 5) is 17.1. The molecule has 26 heavy (non-hydrogen) atoms. The Morgan fingerprint density at radius 2 is 1.88 bits per heavy atom. The predicted molar refractivity (Wildman–Crippen MR) is 100.0 cm³/mol. The van der Waals surface area contributed by atoms with E-state index in [1.165, 1.54) is 12.1 Å². The maximum Gasteiger partial charge on any atom is 0.257 e. The standard InChI is InChI=1S/C20H13ClFN3O/c21-16-11-13(22)8-9-14(16)20(26)24-17-6-2-1-5-15(17)18-12-25-10-4-3-7-19(25)23-18/h1-12H,(H,24,26). The summed E-state index contributed by atoms with van der Waals surface area (Å²) in [6.07, 6.45) is 3.80. The number of aromatic nitrogens is 2. The Balaban J connectivity index is 1.70. The van der Waals surface area contributed by atoms with E-state index >= 15 is 0 Å². The van der Waals surface area contributed by atoms with Crippen molar-refractivity contribution in [2.75, 3.05) is 5.32 Å². The van der Waals surface area contributed by atoms with E-state index in [1.54, 1.807) is 6.07 Å². The van der Waals surface area contributed by atoms with Crippen LogP contribution >= 0.6 is 11.6 Å². The first-order chi connectivity index (χ1) is 12.6. The van der Waals surface area contributed by atoms with Gasteiger partial charge < -0.3 is 9.72 Å². The molecule has 0 spiro atoms. The van der Waals surface area contributed by atoms with Crippen molar-refractivity contribution >= 4 is 28.8 Å². The molecule has 0 aliphatic rings. The third kappa shape index (κ3) is 3.05. The largest absolute Gasteiger partial charge is 0.321 e. The first-order valence-electron chi connectivity index (χ1n) is 7.91. The molecule has 4 rings (SSSR count). The Kier molecular flexibility index (Phi) is 4.14. The number of rotatable bonds is 3. The molecule has 0 bridgehead atoms. The number of hydrogen-bond acceptors (Lipinski definition) is 2. The third-order valence-electron chi connectivity index (χ3n) is 3.99. The average molecular weight is 366 g/mol. The third-order valence-corrected chi connectivity index (χ3v) is 4.30. The maximum absolute atomic E-state index is 13.2. The van der Waals surface area contributed by atoms with Crippen LogP contribution in [0.25, 0.3) is 16.9 Å². The number of para-hydroxylation sites is 1. The van der Waals surface area contributed by atoms with E-state index in [0.29, 0.717) is 5.69 Å². The lowest BCUT2D eigenvalue weighted by atomic mass is 10.1. The lowest BCUT2D eigenvalue weighted by Gasteiger charge is -2.10. The van der Waals surface area contributed by atoms with Crippen LogP contribution in [-0.2, 0) is 0 Å². The Morgan fingerprint density at radius 1 is 1.08 bits per heavy atom. The fraction of sp³-hybridized carbons (Fsp3) is 0. The topological polar surface area (TPSA) is 46.4 Å². The Bertz CT molecular complexity index is 1090. The molecule has 2 aromatic carbocycles. The van der Waals surface area contributed by atoms with Crippen LogP contribution in [0.5, 0.6) is 0 Å². The van der Waals surface area contributed by atoms with Crippen LogP contribution in [-0.4, -0.2) is 15.3 Å². The van der Waals surface area contributed by atoms with Crippen LogP contribution in [0.15, 0.2) is 73.1 Å². The highest BCUT2D eigenvalue weighted by molar-refractivity contribution is 6.34. The number of fused-ring (bicyclic) bond motifs is 1. The molecule has 2 aromatic heterocycles. The van der Waals surface area contributed by atoms with Crippen molar-refractivity contribution < 1.29 is 9.18 Å². The molecule has 0 radical (unpaired) electrons. The number of carbonyl (C=O) groups excluding carboxylic acids is 1. The minimum absolute atomic E-state index is 0.0627. The van der Waals surface area contributed by atoms with Crippen LogP contribution in [0.4, 0.5) is 10.1 Å². The summed E-state index contributed by atoms with van der Waals surface area (Å²) in [7, 11) is 0. The Hall–Kier alpha value is -3.18. The highest BCUT2D eigenvalue weighted by Crippen LogP contribution is 2.28. The van der Waals surface area contributed by atoms with Gasteiger partial charge in [-0.3, -0.25) is 4.79 Å². The zero-order chi connectivity index (χ0) is 18.1. The molecule has 6 heteroatoms. The van der Waals surface area contributed by atoms with Gasteiger partial charge in [-0.15, -0.1) is 0 Å². The second-order valence-electron chi connectivity index (χ2n) is 5.72. The van der Waals surface area contributed by atoms with E-state index in [9.17, 15) is 9.18 Å². The van der Waals surface area contributed by atoms with E-state index in [-0.39, 0.29) is 10.6 Å². The van der Waals surface area contributed by atoms with Gasteiger partial charge in [-0.25, -0.2) is 9.37 Å². The van der Waals surface area contributed by atoms with Crippen molar-refractivity contribution in [2.24, 2.45) is 0 Å². The van der Waals surface area contributed by atoms with Crippen molar-refractivity contribution in [3.8, 4) is 11.3 Å². The number of pyridine rings is 1. The number of nitrogens with one attached hydrogen (secondary N) is 1. The van der Waals surface area contributed by atoms with Gasteiger partial charge in [0.1, 0.15) is 11.5 Å². The summed E-state index contributed by atoms with van der Waals surface area (Å²) < 4.78 is 15.1. The molecular formula is C20H13ClFN3O. The summed E-state index contributed by atoms with van der Waals surface area (Å²) in [5, 5.41) is 2.90. The Labute approximate surface area is 153 Å². The smallest absolute Gasteiger partial charge is 0.257 e. The van der Waals surface area contributed by atoms with E-state index in [0.717, 1.165) is 23.0 Å². The number of halogens is 2. The monoisotopic (exact) mass is 365 g/mol. The van der Waals surface area contributed by atoms with E-state index in [4.69, 9.17) is 11.6 Å². The molecule has 2 heterocycles. The second-order valence-corrected chi connectivity index (χ2v) is 6.12. The fourth-order valence-corrected chi connectivity index (χ4v) is 3.00. The number of amides is 1. The van der Waals surface area contributed by atoms with Gasteiger partial charge in [0, 0.05) is 18.0 Å². The molecular weight excluding hydrogens is 353 g/mol. The number of nitrogens with zero attached hydrogens (tertiary/aromatic N) is 2. The molecule has 0 saturated carbocycles. The maximum atomic E-state index is 13.2.